The number of anilines is 3. The zero-order valence-electron chi connectivity index (χ0n) is 21.5. The van der Waals surface area contributed by atoms with Crippen molar-refractivity contribution in [3.8, 4) is 5.75 Å². The normalized spacial score (nSPS) is 17.8. The summed E-state index contributed by atoms with van der Waals surface area (Å²) in [6.07, 6.45) is 3.28. The van der Waals surface area contributed by atoms with Crippen molar-refractivity contribution in [3.05, 3.63) is 53.7 Å². The van der Waals surface area contributed by atoms with Crippen LogP contribution in [0.2, 0.25) is 0 Å². The first kappa shape index (κ1) is 25.2. The van der Waals surface area contributed by atoms with E-state index in [1.165, 1.54) is 4.90 Å². The molecular formula is C26H30N8O5. The van der Waals surface area contributed by atoms with Gasteiger partial charge < -0.3 is 29.4 Å². The highest BCUT2D eigenvalue weighted by Crippen LogP contribution is 2.31. The number of nitrogens with zero attached hydrogens (tertiary/aromatic N) is 6. The zero-order chi connectivity index (χ0) is 26.6. The van der Waals surface area contributed by atoms with Crippen LogP contribution in [-0.2, 0) is 11.3 Å². The summed E-state index contributed by atoms with van der Waals surface area (Å²) >= 11 is 0. The van der Waals surface area contributed by atoms with Gasteiger partial charge >= 0.3 is 17.8 Å². The van der Waals surface area contributed by atoms with Crippen LogP contribution in [-0.4, -0.2) is 97.5 Å². The third-order valence-corrected chi connectivity index (χ3v) is 7.01. The number of carbonyl (C=O) groups is 2. The Balaban J connectivity index is 1.09. The fraction of sp³-hybridized carbons (Fsp3) is 0.423. The molecule has 3 aliphatic heterocycles. The molecular weight excluding hydrogens is 504 g/mol. The van der Waals surface area contributed by atoms with Gasteiger partial charge in [-0.2, -0.15) is 0 Å². The SMILES string of the molecule is O=C(Nc1cnccc1N1CCNCC1)c1nnc(N2Cc3ccc(OCCN4CCOCC4)cc3C2=O)o1. The molecule has 2 amide bonds. The third-order valence-electron chi connectivity index (χ3n) is 7.01. The summed E-state index contributed by atoms with van der Waals surface area (Å²) in [5.41, 5.74) is 2.75. The third kappa shape index (κ3) is 5.55. The summed E-state index contributed by atoms with van der Waals surface area (Å²) in [5.74, 6) is -0.471. The molecule has 0 atom stereocenters. The van der Waals surface area contributed by atoms with Crippen molar-refractivity contribution in [1.29, 1.82) is 0 Å². The fourth-order valence-electron chi connectivity index (χ4n) is 4.90. The standard InChI is InChI=1S/C26H30N8O5/c35-23(29-21-16-28-4-3-22(21)33-7-5-27-6-8-33)24-30-31-26(39-24)34-17-18-1-2-19(15-20(18)25(34)36)38-14-11-32-9-12-37-13-10-32/h1-4,15-16,27H,5-14,17H2,(H,29,35). The number of fused-ring (bicyclic) bond motifs is 1. The summed E-state index contributed by atoms with van der Waals surface area (Å²) in [4.78, 5) is 36.1. The van der Waals surface area contributed by atoms with Gasteiger partial charge in [-0.25, -0.2) is 0 Å². The van der Waals surface area contributed by atoms with Gasteiger partial charge in [-0.1, -0.05) is 11.2 Å². The highest BCUT2D eigenvalue weighted by atomic mass is 16.5. The minimum atomic E-state index is -0.571. The Hall–Kier alpha value is -4.07. The molecule has 6 rings (SSSR count). The predicted molar refractivity (Wildman–Crippen MR) is 141 cm³/mol. The van der Waals surface area contributed by atoms with Crippen LogP contribution in [0.25, 0.3) is 0 Å². The molecule has 1 aromatic carbocycles. The Morgan fingerprint density at radius 3 is 2.79 bits per heavy atom. The Bertz CT molecular complexity index is 1340. The summed E-state index contributed by atoms with van der Waals surface area (Å²) in [6, 6.07) is 7.28. The molecule has 2 fully saturated rings. The molecule has 0 unspecified atom stereocenters. The maximum absolute atomic E-state index is 13.2. The lowest BCUT2D eigenvalue weighted by atomic mass is 10.1. The number of amides is 2. The minimum Gasteiger partial charge on any atom is -0.492 e. The largest absolute Gasteiger partial charge is 0.492 e. The molecule has 0 spiro atoms. The smallest absolute Gasteiger partial charge is 0.326 e. The number of nitrogens with one attached hydrogen (secondary N) is 2. The number of benzene rings is 1. The molecule has 13 nitrogen and oxygen atoms in total. The summed E-state index contributed by atoms with van der Waals surface area (Å²) in [5, 5.41) is 14.0. The molecule has 0 bridgehead atoms. The van der Waals surface area contributed by atoms with E-state index in [1.54, 1.807) is 18.5 Å². The first-order chi connectivity index (χ1) is 19.2. The van der Waals surface area contributed by atoms with E-state index >= 15 is 0 Å². The van der Waals surface area contributed by atoms with Crippen LogP contribution >= 0.6 is 0 Å². The fourth-order valence-corrected chi connectivity index (χ4v) is 4.90. The van der Waals surface area contributed by atoms with Gasteiger partial charge in [-0.05, 0) is 23.8 Å². The average Bonchev–Trinajstić information content (AvgIpc) is 3.59. The van der Waals surface area contributed by atoms with Gasteiger partial charge in [0, 0.05) is 57.6 Å². The highest BCUT2D eigenvalue weighted by Gasteiger charge is 2.33. The summed E-state index contributed by atoms with van der Waals surface area (Å²) in [7, 11) is 0. The van der Waals surface area contributed by atoms with Gasteiger partial charge in [-0.3, -0.25) is 24.4 Å². The van der Waals surface area contributed by atoms with Gasteiger partial charge in [0.15, 0.2) is 0 Å². The molecule has 0 saturated carbocycles. The topological polar surface area (TPSA) is 138 Å². The van der Waals surface area contributed by atoms with Crippen molar-refractivity contribution in [1.82, 2.24) is 25.4 Å². The van der Waals surface area contributed by atoms with Crippen LogP contribution < -0.4 is 25.2 Å². The molecule has 5 heterocycles. The van der Waals surface area contributed by atoms with Gasteiger partial charge in [0.1, 0.15) is 12.4 Å². The number of aromatic nitrogens is 3. The molecule has 0 aliphatic carbocycles. The molecule has 39 heavy (non-hydrogen) atoms. The summed E-state index contributed by atoms with van der Waals surface area (Å²) in [6.45, 7) is 8.19. The predicted octanol–water partition coefficient (Wildman–Crippen LogP) is 0.998. The monoisotopic (exact) mass is 534 g/mol. The van der Waals surface area contributed by atoms with Gasteiger partial charge in [0.05, 0.1) is 37.3 Å². The lowest BCUT2D eigenvalue weighted by molar-refractivity contribution is 0.0322. The number of hydrogen-bond donors (Lipinski definition) is 2. The first-order valence-electron chi connectivity index (χ1n) is 13.1. The average molecular weight is 535 g/mol. The number of morpholine rings is 1. The number of pyridine rings is 1. The van der Waals surface area contributed by atoms with Crippen molar-refractivity contribution >= 4 is 29.2 Å². The maximum atomic E-state index is 13.2. The Labute approximate surface area is 225 Å². The van der Waals surface area contributed by atoms with Crippen molar-refractivity contribution in [2.24, 2.45) is 0 Å². The lowest BCUT2D eigenvalue weighted by Crippen LogP contribution is -2.43. The minimum absolute atomic E-state index is 0.0374. The van der Waals surface area contributed by atoms with Crippen molar-refractivity contribution in [2.75, 3.05) is 80.8 Å². The number of rotatable bonds is 8. The number of piperazine rings is 1. The van der Waals surface area contributed by atoms with Gasteiger partial charge in [-0.15, -0.1) is 5.10 Å². The molecule has 0 radical (unpaired) electrons. The second-order valence-corrected chi connectivity index (χ2v) is 9.49. The quantitative estimate of drug-likeness (QED) is 0.428. The zero-order valence-corrected chi connectivity index (χ0v) is 21.5. The molecule has 2 saturated heterocycles. The van der Waals surface area contributed by atoms with Crippen LogP contribution in [0, 0.1) is 0 Å². The van der Waals surface area contributed by atoms with Crippen LogP contribution in [0.15, 0.2) is 41.1 Å². The molecule has 204 valence electrons. The Morgan fingerprint density at radius 2 is 1.95 bits per heavy atom. The molecule has 2 aromatic heterocycles. The van der Waals surface area contributed by atoms with E-state index in [0.717, 1.165) is 70.3 Å². The van der Waals surface area contributed by atoms with Crippen molar-refractivity contribution in [2.45, 2.75) is 6.54 Å². The van der Waals surface area contributed by atoms with E-state index < -0.39 is 5.91 Å². The van der Waals surface area contributed by atoms with Crippen molar-refractivity contribution < 1.29 is 23.5 Å². The van der Waals surface area contributed by atoms with E-state index in [2.05, 4.69) is 35.6 Å². The van der Waals surface area contributed by atoms with Gasteiger partial charge in [0.2, 0.25) is 0 Å². The van der Waals surface area contributed by atoms with E-state index in [1.807, 2.05) is 18.2 Å². The second-order valence-electron chi connectivity index (χ2n) is 9.49. The molecule has 3 aliphatic rings. The van der Waals surface area contributed by atoms with E-state index in [0.29, 0.717) is 23.6 Å². The van der Waals surface area contributed by atoms with Crippen LogP contribution in [0.1, 0.15) is 26.6 Å². The molecule has 3 aromatic rings. The van der Waals surface area contributed by atoms with E-state index in [4.69, 9.17) is 13.9 Å². The number of hydrogen-bond acceptors (Lipinski definition) is 11. The Morgan fingerprint density at radius 1 is 1.10 bits per heavy atom. The molecule has 2 N–H and O–H groups in total. The Kier molecular flexibility index (Phi) is 7.34. The number of ether oxygens (including phenoxy) is 2. The van der Waals surface area contributed by atoms with Crippen LogP contribution in [0.4, 0.5) is 17.4 Å². The first-order valence-corrected chi connectivity index (χ1v) is 13.1. The number of carbonyl (C=O) groups excluding carboxylic acids is 2. The molecule has 13 heteroatoms. The van der Waals surface area contributed by atoms with Crippen LogP contribution in [0.3, 0.4) is 0 Å². The highest BCUT2D eigenvalue weighted by molar-refractivity contribution is 6.09. The second kappa shape index (κ2) is 11.4. The summed E-state index contributed by atoms with van der Waals surface area (Å²) < 4.78 is 16.9. The van der Waals surface area contributed by atoms with Crippen molar-refractivity contribution in [3.63, 3.8) is 0 Å². The lowest BCUT2D eigenvalue weighted by Gasteiger charge is -2.30. The van der Waals surface area contributed by atoms with Gasteiger partial charge in [0.25, 0.3) is 5.91 Å². The van der Waals surface area contributed by atoms with Crippen LogP contribution in [0.5, 0.6) is 5.75 Å². The maximum Gasteiger partial charge on any atom is 0.326 e. The van der Waals surface area contributed by atoms with E-state index in [-0.39, 0.29) is 24.4 Å². The van der Waals surface area contributed by atoms with E-state index in [9.17, 15) is 9.59 Å².